The van der Waals surface area contributed by atoms with E-state index in [0.29, 0.717) is 18.1 Å². The molecule has 0 aromatic heterocycles. The first-order valence-electron chi connectivity index (χ1n) is 8.23. The molecule has 2 aliphatic carbocycles. The third-order valence-corrected chi connectivity index (χ3v) is 4.88. The standard InChI is InChI=1S/C16H32N2O/c1-14(2)18(10-5-11-19)13-16(8-3-4-9-16)12-17-15-6-7-15/h14-15,17,19H,3-13H2,1-2H3. The van der Waals surface area contributed by atoms with Gasteiger partial charge in [0.2, 0.25) is 0 Å². The highest BCUT2D eigenvalue weighted by Crippen LogP contribution is 2.39. The fraction of sp³-hybridized carbons (Fsp3) is 1.00. The lowest BCUT2D eigenvalue weighted by Gasteiger charge is -2.38. The molecule has 2 aliphatic rings. The molecule has 2 N–H and O–H groups in total. The number of nitrogens with zero attached hydrogens (tertiary/aromatic N) is 1. The fourth-order valence-corrected chi connectivity index (χ4v) is 3.39. The number of nitrogens with one attached hydrogen (secondary N) is 1. The summed E-state index contributed by atoms with van der Waals surface area (Å²) in [6, 6.07) is 1.41. The monoisotopic (exact) mass is 268 g/mol. The van der Waals surface area contributed by atoms with Crippen LogP contribution in [-0.4, -0.2) is 48.3 Å². The van der Waals surface area contributed by atoms with Crippen LogP contribution in [0.3, 0.4) is 0 Å². The van der Waals surface area contributed by atoms with E-state index in [1.54, 1.807) is 0 Å². The summed E-state index contributed by atoms with van der Waals surface area (Å²) in [6.07, 6.45) is 9.24. The van der Waals surface area contributed by atoms with Gasteiger partial charge in [0.1, 0.15) is 0 Å². The van der Waals surface area contributed by atoms with Crippen molar-refractivity contribution in [2.45, 2.75) is 70.9 Å². The van der Waals surface area contributed by atoms with Crippen molar-refractivity contribution in [3.63, 3.8) is 0 Å². The van der Waals surface area contributed by atoms with Crippen molar-refractivity contribution in [1.82, 2.24) is 10.2 Å². The number of hydrogen-bond acceptors (Lipinski definition) is 3. The van der Waals surface area contributed by atoms with Crippen molar-refractivity contribution in [2.75, 3.05) is 26.2 Å². The molecule has 0 spiro atoms. The first-order chi connectivity index (χ1) is 9.15. The van der Waals surface area contributed by atoms with Crippen LogP contribution in [0.15, 0.2) is 0 Å². The second-order valence-corrected chi connectivity index (χ2v) is 7.00. The van der Waals surface area contributed by atoms with Crippen molar-refractivity contribution in [1.29, 1.82) is 0 Å². The highest BCUT2D eigenvalue weighted by atomic mass is 16.3. The van der Waals surface area contributed by atoms with Gasteiger partial charge in [0.25, 0.3) is 0 Å². The van der Waals surface area contributed by atoms with Gasteiger partial charge < -0.3 is 15.3 Å². The van der Waals surface area contributed by atoms with Crippen LogP contribution in [0.5, 0.6) is 0 Å². The predicted molar refractivity (Wildman–Crippen MR) is 80.3 cm³/mol. The molecule has 0 amide bonds. The Kier molecular flexibility index (Phi) is 5.67. The summed E-state index contributed by atoms with van der Waals surface area (Å²) in [4.78, 5) is 2.58. The first kappa shape index (κ1) is 15.3. The fourth-order valence-electron chi connectivity index (χ4n) is 3.39. The van der Waals surface area contributed by atoms with Crippen LogP contribution < -0.4 is 5.32 Å². The maximum Gasteiger partial charge on any atom is 0.0443 e. The van der Waals surface area contributed by atoms with E-state index in [-0.39, 0.29) is 0 Å². The normalized spacial score (nSPS) is 22.6. The molecule has 112 valence electrons. The summed E-state index contributed by atoms with van der Waals surface area (Å²) in [5.41, 5.74) is 0.502. The number of rotatable bonds is 9. The van der Waals surface area contributed by atoms with Crippen LogP contribution in [0.4, 0.5) is 0 Å². The highest BCUT2D eigenvalue weighted by molar-refractivity contribution is 4.93. The minimum Gasteiger partial charge on any atom is -0.396 e. The van der Waals surface area contributed by atoms with E-state index < -0.39 is 0 Å². The summed E-state index contributed by atoms with van der Waals surface area (Å²) in [5, 5.41) is 12.8. The Bertz CT molecular complexity index is 257. The van der Waals surface area contributed by atoms with Gasteiger partial charge in [-0.3, -0.25) is 0 Å². The van der Waals surface area contributed by atoms with E-state index in [2.05, 4.69) is 24.1 Å². The van der Waals surface area contributed by atoms with E-state index in [1.165, 1.54) is 51.6 Å². The summed E-state index contributed by atoms with van der Waals surface area (Å²) in [7, 11) is 0. The van der Waals surface area contributed by atoms with E-state index in [1.807, 2.05) is 0 Å². The molecule has 3 nitrogen and oxygen atoms in total. The average Bonchev–Trinajstić information content (AvgIpc) is 3.11. The van der Waals surface area contributed by atoms with Crippen molar-refractivity contribution >= 4 is 0 Å². The van der Waals surface area contributed by atoms with Crippen molar-refractivity contribution < 1.29 is 5.11 Å². The van der Waals surface area contributed by atoms with Crippen LogP contribution in [0.2, 0.25) is 0 Å². The lowest BCUT2D eigenvalue weighted by atomic mass is 9.85. The Morgan fingerprint density at radius 3 is 2.47 bits per heavy atom. The topological polar surface area (TPSA) is 35.5 Å². The molecule has 0 aromatic rings. The summed E-state index contributed by atoms with van der Waals surface area (Å²) in [6.45, 7) is 8.35. The predicted octanol–water partition coefficient (Wildman–Crippen LogP) is 2.39. The molecule has 0 radical (unpaired) electrons. The zero-order chi connectivity index (χ0) is 13.7. The van der Waals surface area contributed by atoms with Gasteiger partial charge in [0, 0.05) is 38.3 Å². The Balaban J connectivity index is 1.88. The van der Waals surface area contributed by atoms with Gasteiger partial charge in [0.15, 0.2) is 0 Å². The molecule has 0 atom stereocenters. The molecule has 2 saturated carbocycles. The molecule has 19 heavy (non-hydrogen) atoms. The van der Waals surface area contributed by atoms with Crippen LogP contribution in [0.1, 0.15) is 58.8 Å². The van der Waals surface area contributed by atoms with Gasteiger partial charge in [0.05, 0.1) is 0 Å². The van der Waals surface area contributed by atoms with Gasteiger partial charge in [-0.05, 0) is 51.4 Å². The molecule has 0 aromatic carbocycles. The quantitative estimate of drug-likeness (QED) is 0.674. The van der Waals surface area contributed by atoms with Crippen LogP contribution >= 0.6 is 0 Å². The Labute approximate surface area is 118 Å². The van der Waals surface area contributed by atoms with E-state index in [9.17, 15) is 0 Å². The zero-order valence-corrected chi connectivity index (χ0v) is 12.8. The molecule has 2 rings (SSSR count). The van der Waals surface area contributed by atoms with Gasteiger partial charge in [-0.2, -0.15) is 0 Å². The number of aliphatic hydroxyl groups is 1. The van der Waals surface area contributed by atoms with Crippen molar-refractivity contribution in [2.24, 2.45) is 5.41 Å². The summed E-state index contributed by atoms with van der Waals surface area (Å²) in [5.74, 6) is 0. The zero-order valence-electron chi connectivity index (χ0n) is 12.8. The molecule has 0 bridgehead atoms. The maximum absolute atomic E-state index is 9.07. The van der Waals surface area contributed by atoms with E-state index >= 15 is 0 Å². The summed E-state index contributed by atoms with van der Waals surface area (Å²) >= 11 is 0. The maximum atomic E-state index is 9.07. The smallest absolute Gasteiger partial charge is 0.0443 e. The summed E-state index contributed by atoms with van der Waals surface area (Å²) < 4.78 is 0. The van der Waals surface area contributed by atoms with Gasteiger partial charge in [-0.25, -0.2) is 0 Å². The lowest BCUT2D eigenvalue weighted by molar-refractivity contribution is 0.112. The largest absolute Gasteiger partial charge is 0.396 e. The third kappa shape index (κ3) is 4.73. The molecular weight excluding hydrogens is 236 g/mol. The first-order valence-corrected chi connectivity index (χ1v) is 8.23. The minimum atomic E-state index is 0.316. The molecule has 0 unspecified atom stereocenters. The third-order valence-electron chi connectivity index (χ3n) is 4.88. The van der Waals surface area contributed by atoms with Crippen LogP contribution in [0.25, 0.3) is 0 Å². The van der Waals surface area contributed by atoms with Crippen molar-refractivity contribution in [3.05, 3.63) is 0 Å². The Morgan fingerprint density at radius 1 is 1.26 bits per heavy atom. The lowest BCUT2D eigenvalue weighted by Crippen LogP contribution is -2.46. The second kappa shape index (κ2) is 7.05. The van der Waals surface area contributed by atoms with Gasteiger partial charge in [-0.15, -0.1) is 0 Å². The molecular formula is C16H32N2O. The average molecular weight is 268 g/mol. The van der Waals surface area contributed by atoms with Crippen LogP contribution in [0, 0.1) is 5.41 Å². The highest BCUT2D eigenvalue weighted by Gasteiger charge is 2.37. The number of hydrogen-bond donors (Lipinski definition) is 2. The second-order valence-electron chi connectivity index (χ2n) is 7.00. The molecule has 0 aliphatic heterocycles. The molecule has 0 saturated heterocycles. The number of aliphatic hydroxyl groups excluding tert-OH is 1. The van der Waals surface area contributed by atoms with E-state index in [4.69, 9.17) is 5.11 Å². The molecule has 2 fully saturated rings. The Morgan fingerprint density at radius 2 is 1.95 bits per heavy atom. The van der Waals surface area contributed by atoms with Gasteiger partial charge in [-0.1, -0.05) is 12.8 Å². The van der Waals surface area contributed by atoms with E-state index in [0.717, 1.165) is 19.0 Å². The Hall–Kier alpha value is -0.120. The molecule has 0 heterocycles. The van der Waals surface area contributed by atoms with Crippen LogP contribution in [-0.2, 0) is 0 Å². The van der Waals surface area contributed by atoms with Gasteiger partial charge >= 0.3 is 0 Å². The molecule has 3 heteroatoms. The minimum absolute atomic E-state index is 0.316. The van der Waals surface area contributed by atoms with Crippen molar-refractivity contribution in [3.8, 4) is 0 Å². The SMILES string of the molecule is CC(C)N(CCCO)CC1(CNC2CC2)CCCC1.